The molecule has 0 saturated heterocycles. The van der Waals surface area contributed by atoms with Crippen molar-refractivity contribution in [1.29, 1.82) is 0 Å². The van der Waals surface area contributed by atoms with Gasteiger partial charge in [-0.3, -0.25) is 14.9 Å². The molecule has 0 unspecified atom stereocenters. The molecular weight excluding hydrogens is 297 g/mol. The molecule has 8 heteroatoms. The number of carbonyl (C=O) groups is 1. The monoisotopic (exact) mass is 309 g/mol. The van der Waals surface area contributed by atoms with Gasteiger partial charge in [-0.1, -0.05) is 6.07 Å². The average Bonchev–Trinajstić information content (AvgIpc) is 2.97. The molecule has 6 nitrogen and oxygen atoms in total. The number of rotatable bonds is 6. The fourth-order valence-corrected chi connectivity index (χ4v) is 2.25. The number of benzene rings is 1. The van der Waals surface area contributed by atoms with E-state index >= 15 is 0 Å². The van der Waals surface area contributed by atoms with Crippen molar-refractivity contribution in [1.82, 2.24) is 5.32 Å². The van der Waals surface area contributed by atoms with Gasteiger partial charge >= 0.3 is 5.69 Å². The molecule has 1 aromatic carbocycles. The van der Waals surface area contributed by atoms with E-state index in [1.807, 2.05) is 17.5 Å². The van der Waals surface area contributed by atoms with Crippen LogP contribution >= 0.6 is 11.3 Å². The number of nitrogens with one attached hydrogen (secondary N) is 2. The second kappa shape index (κ2) is 6.80. The Hall–Kier alpha value is -2.48. The number of anilines is 1. The lowest BCUT2D eigenvalue weighted by molar-refractivity contribution is -0.387. The number of nitro benzene ring substituents is 1. The summed E-state index contributed by atoms with van der Waals surface area (Å²) < 4.78 is 13.1. The first-order valence-corrected chi connectivity index (χ1v) is 6.91. The predicted molar refractivity (Wildman–Crippen MR) is 77.7 cm³/mol. The third kappa shape index (κ3) is 4.25. The van der Waals surface area contributed by atoms with Crippen LogP contribution in [0, 0.1) is 15.9 Å². The summed E-state index contributed by atoms with van der Waals surface area (Å²) in [6.07, 6.45) is 0. The van der Waals surface area contributed by atoms with Gasteiger partial charge in [0.05, 0.1) is 18.0 Å². The molecule has 1 aromatic heterocycles. The summed E-state index contributed by atoms with van der Waals surface area (Å²) in [5, 5.41) is 17.9. The van der Waals surface area contributed by atoms with E-state index in [4.69, 9.17) is 0 Å². The molecule has 0 bridgehead atoms. The van der Waals surface area contributed by atoms with Crippen molar-refractivity contribution in [3.8, 4) is 0 Å². The van der Waals surface area contributed by atoms with Crippen molar-refractivity contribution in [2.75, 3.05) is 11.9 Å². The highest BCUT2D eigenvalue weighted by atomic mass is 32.1. The summed E-state index contributed by atoms with van der Waals surface area (Å²) in [6, 6.07) is 7.19. The van der Waals surface area contributed by atoms with Gasteiger partial charge in [-0.2, -0.15) is 4.39 Å². The first-order chi connectivity index (χ1) is 10.1. The molecule has 1 heterocycles. The minimum Gasteiger partial charge on any atom is -0.376 e. The van der Waals surface area contributed by atoms with Crippen molar-refractivity contribution in [3.05, 3.63) is 56.5 Å². The largest absolute Gasteiger partial charge is 0.376 e. The number of hydrogen-bond donors (Lipinski definition) is 2. The van der Waals surface area contributed by atoms with Gasteiger partial charge in [-0.05, 0) is 23.6 Å². The number of nitrogens with zero attached hydrogens (tertiary/aromatic N) is 1. The normalized spacial score (nSPS) is 10.1. The molecule has 2 rings (SSSR count). The highest BCUT2D eigenvalue weighted by Crippen LogP contribution is 2.21. The van der Waals surface area contributed by atoms with Crippen molar-refractivity contribution < 1.29 is 14.1 Å². The molecule has 110 valence electrons. The van der Waals surface area contributed by atoms with Crippen molar-refractivity contribution in [2.45, 2.75) is 6.54 Å². The number of halogens is 1. The van der Waals surface area contributed by atoms with Gasteiger partial charge in [0.15, 0.2) is 0 Å². The Balaban J connectivity index is 1.86. The number of thiophene rings is 1. The van der Waals surface area contributed by atoms with E-state index in [2.05, 4.69) is 10.6 Å². The zero-order valence-corrected chi connectivity index (χ0v) is 11.7. The summed E-state index contributed by atoms with van der Waals surface area (Å²) >= 11 is 1.53. The van der Waals surface area contributed by atoms with Gasteiger partial charge in [0.25, 0.3) is 0 Å². The molecule has 0 atom stereocenters. The molecule has 0 spiro atoms. The third-order valence-corrected chi connectivity index (χ3v) is 3.51. The molecule has 0 aliphatic heterocycles. The molecule has 0 fully saturated rings. The van der Waals surface area contributed by atoms with Gasteiger partial charge in [0.1, 0.15) is 0 Å². The van der Waals surface area contributed by atoms with Crippen LogP contribution in [0.4, 0.5) is 15.8 Å². The Labute approximate surface area is 123 Å². The highest BCUT2D eigenvalue weighted by Gasteiger charge is 2.14. The van der Waals surface area contributed by atoms with Crippen LogP contribution in [0.25, 0.3) is 0 Å². The molecule has 21 heavy (non-hydrogen) atoms. The zero-order chi connectivity index (χ0) is 15.2. The zero-order valence-electron chi connectivity index (χ0n) is 10.8. The average molecular weight is 309 g/mol. The van der Waals surface area contributed by atoms with Crippen molar-refractivity contribution >= 4 is 28.6 Å². The molecular formula is C13H12FN3O3S. The Morgan fingerprint density at radius 3 is 2.86 bits per heavy atom. The molecule has 1 amide bonds. The Kier molecular flexibility index (Phi) is 4.83. The molecule has 0 radical (unpaired) electrons. The van der Waals surface area contributed by atoms with E-state index in [1.54, 1.807) is 0 Å². The molecule has 0 aliphatic carbocycles. The standard InChI is InChI=1S/C13H12FN3O3S/c14-11-4-3-9(6-12(11)17(19)20)15-8-13(18)16-7-10-2-1-5-21-10/h1-6,15H,7-8H2,(H,16,18). The number of amides is 1. The summed E-state index contributed by atoms with van der Waals surface area (Å²) in [6.45, 7) is 0.385. The van der Waals surface area contributed by atoms with Crippen molar-refractivity contribution in [3.63, 3.8) is 0 Å². The molecule has 0 aliphatic rings. The lowest BCUT2D eigenvalue weighted by atomic mass is 10.2. The SMILES string of the molecule is O=C(CNc1ccc(F)c([N+](=O)[O-])c1)NCc1cccs1. The summed E-state index contributed by atoms with van der Waals surface area (Å²) in [4.78, 5) is 22.4. The minimum absolute atomic E-state index is 0.0475. The first kappa shape index (κ1) is 14.9. The van der Waals surface area contributed by atoms with E-state index in [9.17, 15) is 19.3 Å². The molecule has 2 aromatic rings. The smallest absolute Gasteiger partial charge is 0.306 e. The molecule has 2 N–H and O–H groups in total. The fourth-order valence-electron chi connectivity index (χ4n) is 1.61. The van der Waals surface area contributed by atoms with E-state index in [-0.39, 0.29) is 12.5 Å². The maximum atomic E-state index is 13.1. The number of nitro groups is 1. The van der Waals surface area contributed by atoms with Crippen LogP contribution in [0.5, 0.6) is 0 Å². The Bertz CT molecular complexity index is 646. The van der Waals surface area contributed by atoms with Gasteiger partial charge in [0.2, 0.25) is 11.7 Å². The summed E-state index contributed by atoms with van der Waals surface area (Å²) in [7, 11) is 0. The number of hydrogen-bond acceptors (Lipinski definition) is 5. The highest BCUT2D eigenvalue weighted by molar-refractivity contribution is 7.09. The van der Waals surface area contributed by atoms with Crippen LogP contribution in [-0.2, 0) is 11.3 Å². The van der Waals surface area contributed by atoms with Crippen LogP contribution in [0.3, 0.4) is 0 Å². The summed E-state index contributed by atoms with van der Waals surface area (Å²) in [5.74, 6) is -1.16. The van der Waals surface area contributed by atoms with E-state index in [0.29, 0.717) is 12.2 Å². The van der Waals surface area contributed by atoms with E-state index in [1.165, 1.54) is 17.4 Å². The van der Waals surface area contributed by atoms with Crippen LogP contribution in [0.15, 0.2) is 35.7 Å². The van der Waals surface area contributed by atoms with Crippen LogP contribution < -0.4 is 10.6 Å². The van der Waals surface area contributed by atoms with Gasteiger partial charge < -0.3 is 10.6 Å². The van der Waals surface area contributed by atoms with Gasteiger partial charge in [0, 0.05) is 16.6 Å². The Morgan fingerprint density at radius 2 is 2.19 bits per heavy atom. The maximum Gasteiger partial charge on any atom is 0.306 e. The quantitative estimate of drug-likeness (QED) is 0.634. The minimum atomic E-state index is -0.910. The Morgan fingerprint density at radius 1 is 1.38 bits per heavy atom. The fraction of sp³-hybridized carbons (Fsp3) is 0.154. The van der Waals surface area contributed by atoms with Crippen LogP contribution in [0.2, 0.25) is 0 Å². The van der Waals surface area contributed by atoms with Crippen LogP contribution in [-0.4, -0.2) is 17.4 Å². The second-order valence-corrected chi connectivity index (χ2v) is 5.17. The summed E-state index contributed by atoms with van der Waals surface area (Å²) in [5.41, 5.74) is -0.312. The third-order valence-electron chi connectivity index (χ3n) is 2.64. The van der Waals surface area contributed by atoms with Crippen LogP contribution in [0.1, 0.15) is 4.88 Å². The predicted octanol–water partition coefficient (Wildman–Crippen LogP) is 2.52. The van der Waals surface area contributed by atoms with Gasteiger partial charge in [-0.25, -0.2) is 0 Å². The lowest BCUT2D eigenvalue weighted by Gasteiger charge is -2.07. The maximum absolute atomic E-state index is 13.1. The van der Waals surface area contributed by atoms with E-state index < -0.39 is 16.4 Å². The second-order valence-electron chi connectivity index (χ2n) is 4.13. The topological polar surface area (TPSA) is 84.3 Å². The first-order valence-electron chi connectivity index (χ1n) is 6.03. The van der Waals surface area contributed by atoms with Gasteiger partial charge in [-0.15, -0.1) is 11.3 Å². The number of carbonyl (C=O) groups excluding carboxylic acids is 1. The molecule has 0 saturated carbocycles. The van der Waals surface area contributed by atoms with E-state index in [0.717, 1.165) is 17.0 Å². The van der Waals surface area contributed by atoms with Crippen molar-refractivity contribution in [2.24, 2.45) is 0 Å². The lowest BCUT2D eigenvalue weighted by Crippen LogP contribution is -2.29.